The van der Waals surface area contributed by atoms with Crippen LogP contribution in [0.3, 0.4) is 0 Å². The van der Waals surface area contributed by atoms with Gasteiger partial charge in [0.1, 0.15) is 12.3 Å². The van der Waals surface area contributed by atoms with Crippen LogP contribution in [0.1, 0.15) is 25.3 Å². The second-order valence-corrected chi connectivity index (χ2v) is 5.53. The highest BCUT2D eigenvalue weighted by Gasteiger charge is 2.15. The fraction of sp³-hybridized carbons (Fsp3) is 0.467. The Bertz CT molecular complexity index is 504. The van der Waals surface area contributed by atoms with E-state index in [-0.39, 0.29) is 12.5 Å². The highest BCUT2D eigenvalue weighted by molar-refractivity contribution is 9.10. The van der Waals surface area contributed by atoms with Gasteiger partial charge in [0.2, 0.25) is 5.91 Å². The molecule has 0 aliphatic rings. The maximum atomic E-state index is 12.1. The van der Waals surface area contributed by atoms with Gasteiger partial charge >= 0.3 is 5.97 Å². The molecule has 1 aromatic carbocycles. The predicted molar refractivity (Wildman–Crippen MR) is 83.5 cm³/mol. The first-order valence-corrected chi connectivity index (χ1v) is 7.59. The van der Waals surface area contributed by atoms with Crippen molar-refractivity contribution in [2.45, 2.75) is 26.2 Å². The molecule has 0 radical (unpaired) electrons. The van der Waals surface area contributed by atoms with Gasteiger partial charge in [0.05, 0.1) is 11.6 Å². The average Bonchev–Trinajstić information content (AvgIpc) is 2.44. The number of amides is 1. The predicted octanol–water partition coefficient (Wildman–Crippen LogP) is 2.71. The summed E-state index contributed by atoms with van der Waals surface area (Å²) in [6.07, 6.45) is 1.61. The van der Waals surface area contributed by atoms with Crippen LogP contribution in [0.5, 0.6) is 5.75 Å². The Morgan fingerprint density at radius 2 is 2.10 bits per heavy atom. The van der Waals surface area contributed by atoms with Gasteiger partial charge in [-0.15, -0.1) is 0 Å². The number of carbonyl (C=O) groups is 2. The van der Waals surface area contributed by atoms with Crippen LogP contribution in [0.2, 0.25) is 0 Å². The first-order valence-electron chi connectivity index (χ1n) is 6.80. The van der Waals surface area contributed by atoms with E-state index < -0.39 is 5.97 Å². The molecule has 0 atom stereocenters. The fourth-order valence-electron chi connectivity index (χ4n) is 2.00. The number of hydrogen-bond acceptors (Lipinski definition) is 3. The maximum Gasteiger partial charge on any atom is 0.323 e. The van der Waals surface area contributed by atoms with Crippen LogP contribution >= 0.6 is 15.9 Å². The van der Waals surface area contributed by atoms with Crippen molar-refractivity contribution < 1.29 is 19.4 Å². The SMILES string of the molecule is CCCN(CC(=O)O)C(=O)CCc1ccc(OC)c(Br)c1. The van der Waals surface area contributed by atoms with Crippen molar-refractivity contribution >= 4 is 27.8 Å². The molecular formula is C15H20BrNO4. The van der Waals surface area contributed by atoms with Crippen LogP contribution in [-0.4, -0.2) is 42.1 Å². The van der Waals surface area contributed by atoms with E-state index in [0.29, 0.717) is 19.4 Å². The third-order valence-electron chi connectivity index (χ3n) is 3.02. The van der Waals surface area contributed by atoms with Crippen molar-refractivity contribution in [3.05, 3.63) is 28.2 Å². The lowest BCUT2D eigenvalue weighted by atomic mass is 10.1. The first-order chi connectivity index (χ1) is 9.97. The minimum atomic E-state index is -0.982. The van der Waals surface area contributed by atoms with Crippen LogP contribution in [-0.2, 0) is 16.0 Å². The number of nitrogens with zero attached hydrogens (tertiary/aromatic N) is 1. The fourth-order valence-corrected chi connectivity index (χ4v) is 2.59. The number of hydrogen-bond donors (Lipinski definition) is 1. The maximum absolute atomic E-state index is 12.1. The Labute approximate surface area is 133 Å². The van der Waals surface area contributed by atoms with Gasteiger partial charge in [0.25, 0.3) is 0 Å². The van der Waals surface area contributed by atoms with Gasteiger partial charge in [0.15, 0.2) is 0 Å². The van der Waals surface area contributed by atoms with Gasteiger partial charge in [-0.05, 0) is 46.5 Å². The molecule has 0 unspecified atom stereocenters. The molecule has 0 aromatic heterocycles. The molecule has 1 N–H and O–H groups in total. The van der Waals surface area contributed by atoms with E-state index in [4.69, 9.17) is 9.84 Å². The normalized spacial score (nSPS) is 10.2. The summed E-state index contributed by atoms with van der Waals surface area (Å²) in [5.41, 5.74) is 1.00. The molecule has 1 amide bonds. The van der Waals surface area contributed by atoms with E-state index in [1.54, 1.807) is 7.11 Å². The largest absolute Gasteiger partial charge is 0.496 e. The monoisotopic (exact) mass is 357 g/mol. The molecule has 0 spiro atoms. The number of aryl methyl sites for hydroxylation is 1. The number of rotatable bonds is 8. The van der Waals surface area contributed by atoms with Gasteiger partial charge in [-0.2, -0.15) is 0 Å². The van der Waals surface area contributed by atoms with E-state index in [1.807, 2.05) is 25.1 Å². The van der Waals surface area contributed by atoms with Crippen LogP contribution in [0, 0.1) is 0 Å². The molecular weight excluding hydrogens is 338 g/mol. The smallest absolute Gasteiger partial charge is 0.323 e. The third kappa shape index (κ3) is 5.75. The third-order valence-corrected chi connectivity index (χ3v) is 3.64. The van der Waals surface area contributed by atoms with E-state index in [2.05, 4.69) is 15.9 Å². The van der Waals surface area contributed by atoms with Gasteiger partial charge in [-0.1, -0.05) is 13.0 Å². The van der Waals surface area contributed by atoms with Crippen molar-refractivity contribution in [3.8, 4) is 5.75 Å². The second kappa shape index (κ2) is 8.67. The Morgan fingerprint density at radius 3 is 2.62 bits per heavy atom. The van der Waals surface area contributed by atoms with Crippen molar-refractivity contribution in [1.82, 2.24) is 4.90 Å². The highest BCUT2D eigenvalue weighted by atomic mass is 79.9. The molecule has 0 saturated heterocycles. The Balaban J connectivity index is 2.61. The van der Waals surface area contributed by atoms with Crippen molar-refractivity contribution in [2.24, 2.45) is 0 Å². The summed E-state index contributed by atoms with van der Waals surface area (Å²) < 4.78 is 5.99. The van der Waals surface area contributed by atoms with Gasteiger partial charge in [0, 0.05) is 13.0 Å². The lowest BCUT2D eigenvalue weighted by Crippen LogP contribution is -2.36. The number of benzene rings is 1. The number of aliphatic carboxylic acids is 1. The number of methoxy groups -OCH3 is 1. The van der Waals surface area contributed by atoms with Gasteiger partial charge in [-0.25, -0.2) is 0 Å². The average molecular weight is 358 g/mol. The summed E-state index contributed by atoms with van der Waals surface area (Å²) >= 11 is 3.40. The Morgan fingerprint density at radius 1 is 1.38 bits per heavy atom. The first kappa shape index (κ1) is 17.5. The molecule has 0 aliphatic heterocycles. The van der Waals surface area contributed by atoms with Crippen LogP contribution in [0.4, 0.5) is 0 Å². The van der Waals surface area contributed by atoms with Gasteiger partial charge in [-0.3, -0.25) is 9.59 Å². The Hall–Kier alpha value is -1.56. The number of carboxylic acid groups (broad SMARTS) is 1. The van der Waals surface area contributed by atoms with Crippen LogP contribution < -0.4 is 4.74 Å². The molecule has 1 aromatic rings. The van der Waals surface area contributed by atoms with Crippen LogP contribution in [0.25, 0.3) is 0 Å². The zero-order valence-corrected chi connectivity index (χ0v) is 13.9. The number of halogens is 1. The minimum Gasteiger partial charge on any atom is -0.496 e. The molecule has 0 fully saturated rings. The molecule has 1 rings (SSSR count). The van der Waals surface area contributed by atoms with E-state index in [9.17, 15) is 9.59 Å². The zero-order chi connectivity index (χ0) is 15.8. The van der Waals surface area contributed by atoms with Crippen molar-refractivity contribution in [1.29, 1.82) is 0 Å². The van der Waals surface area contributed by atoms with Crippen molar-refractivity contribution in [2.75, 3.05) is 20.2 Å². The van der Waals surface area contributed by atoms with E-state index in [0.717, 1.165) is 22.2 Å². The molecule has 21 heavy (non-hydrogen) atoms. The molecule has 5 nitrogen and oxygen atoms in total. The lowest BCUT2D eigenvalue weighted by Gasteiger charge is -2.20. The molecule has 0 saturated carbocycles. The molecule has 0 heterocycles. The summed E-state index contributed by atoms with van der Waals surface area (Å²) in [5, 5.41) is 8.82. The van der Waals surface area contributed by atoms with Crippen molar-refractivity contribution in [3.63, 3.8) is 0 Å². The second-order valence-electron chi connectivity index (χ2n) is 4.68. The Kier molecular flexibility index (Phi) is 7.22. The highest BCUT2D eigenvalue weighted by Crippen LogP contribution is 2.26. The van der Waals surface area contributed by atoms with E-state index in [1.165, 1.54) is 4.90 Å². The molecule has 6 heteroatoms. The standard InChI is InChI=1S/C15H20BrNO4/c1-3-8-17(10-15(19)20)14(18)7-5-11-4-6-13(21-2)12(16)9-11/h4,6,9H,3,5,7-8,10H2,1-2H3,(H,19,20). The van der Waals surface area contributed by atoms with Crippen LogP contribution in [0.15, 0.2) is 22.7 Å². The van der Waals surface area contributed by atoms with E-state index >= 15 is 0 Å². The summed E-state index contributed by atoms with van der Waals surface area (Å²) in [4.78, 5) is 24.2. The molecule has 116 valence electrons. The zero-order valence-electron chi connectivity index (χ0n) is 12.3. The minimum absolute atomic E-state index is 0.133. The number of ether oxygens (including phenoxy) is 1. The molecule has 0 aliphatic carbocycles. The number of carbonyl (C=O) groups excluding carboxylic acids is 1. The quantitative estimate of drug-likeness (QED) is 0.776. The molecule has 0 bridgehead atoms. The summed E-state index contributed by atoms with van der Waals surface area (Å²) in [6.45, 7) is 2.15. The topological polar surface area (TPSA) is 66.8 Å². The number of carboxylic acids is 1. The summed E-state index contributed by atoms with van der Waals surface area (Å²) in [5.74, 6) is -0.376. The lowest BCUT2D eigenvalue weighted by molar-refractivity contribution is -0.144. The van der Waals surface area contributed by atoms with Gasteiger partial charge < -0.3 is 14.7 Å². The summed E-state index contributed by atoms with van der Waals surface area (Å²) in [7, 11) is 1.60. The summed E-state index contributed by atoms with van der Waals surface area (Å²) in [6, 6.07) is 5.65.